The first-order valence-corrected chi connectivity index (χ1v) is 15.8. The van der Waals surface area contributed by atoms with E-state index in [1.807, 2.05) is 0 Å². The lowest BCUT2D eigenvalue weighted by molar-refractivity contribution is -0.312. The molecule has 5 aliphatic rings. The normalized spacial score (nSPS) is 43.9. The van der Waals surface area contributed by atoms with Crippen molar-refractivity contribution >= 4 is 0 Å². The zero-order valence-electron chi connectivity index (χ0n) is 24.4. The highest BCUT2D eigenvalue weighted by Gasteiger charge is 2.49. The van der Waals surface area contributed by atoms with Crippen LogP contribution in [-0.4, -0.2) is 63.8 Å². The number of rotatable bonds is 8. The molecule has 0 aromatic rings. The van der Waals surface area contributed by atoms with Gasteiger partial charge in [-0.25, -0.2) is 0 Å². The van der Waals surface area contributed by atoms with Crippen LogP contribution in [0.4, 0.5) is 0 Å². The third kappa shape index (κ3) is 5.85. The van der Waals surface area contributed by atoms with Crippen molar-refractivity contribution in [1.82, 2.24) is 0 Å². The summed E-state index contributed by atoms with van der Waals surface area (Å²) >= 11 is 0. The summed E-state index contributed by atoms with van der Waals surface area (Å²) in [6.07, 6.45) is 12.9. The van der Waals surface area contributed by atoms with Gasteiger partial charge in [-0.1, -0.05) is 63.1 Å². The largest absolute Gasteiger partial charge is 0.394 e. The molecule has 4 fully saturated rings. The number of hydrogen-bond donors (Lipinski definition) is 4. The van der Waals surface area contributed by atoms with E-state index in [0.29, 0.717) is 29.6 Å². The fourth-order valence-electron chi connectivity index (χ4n) is 8.77. The SMILES string of the molecule is CCC(C=CC(C)C1CCC2C3=CC=C4CC(OC5OC(CO)C(O)C(O)C5O)CCC4C3CCC21)C(C)C. The molecule has 13 unspecified atom stereocenters. The van der Waals surface area contributed by atoms with E-state index in [1.54, 1.807) is 5.57 Å². The summed E-state index contributed by atoms with van der Waals surface area (Å²) < 4.78 is 11.7. The minimum absolute atomic E-state index is 0.110. The lowest BCUT2D eigenvalue weighted by atomic mass is 9.60. The first-order valence-electron chi connectivity index (χ1n) is 15.8. The summed E-state index contributed by atoms with van der Waals surface area (Å²) in [5.74, 6) is 5.61. The number of hydrogen-bond acceptors (Lipinski definition) is 6. The summed E-state index contributed by atoms with van der Waals surface area (Å²) in [6.45, 7) is 8.99. The Labute approximate surface area is 235 Å². The van der Waals surface area contributed by atoms with Crippen molar-refractivity contribution in [3.63, 3.8) is 0 Å². The summed E-state index contributed by atoms with van der Waals surface area (Å²) in [5, 5.41) is 40.1. The lowest BCUT2D eigenvalue weighted by Crippen LogP contribution is -2.59. The van der Waals surface area contributed by atoms with Crippen LogP contribution in [0.15, 0.2) is 35.5 Å². The Morgan fingerprint density at radius 3 is 2.36 bits per heavy atom. The maximum absolute atomic E-state index is 10.4. The van der Waals surface area contributed by atoms with E-state index in [4.69, 9.17) is 9.47 Å². The van der Waals surface area contributed by atoms with E-state index in [2.05, 4.69) is 52.0 Å². The van der Waals surface area contributed by atoms with Gasteiger partial charge in [0.2, 0.25) is 0 Å². The zero-order chi connectivity index (χ0) is 27.8. The van der Waals surface area contributed by atoms with Crippen LogP contribution in [0.5, 0.6) is 0 Å². The maximum atomic E-state index is 10.4. The average Bonchev–Trinajstić information content (AvgIpc) is 3.37. The molecule has 0 spiro atoms. The Bertz CT molecular complexity index is 923. The molecule has 6 heteroatoms. The van der Waals surface area contributed by atoms with Gasteiger partial charge >= 0.3 is 0 Å². The number of ether oxygens (including phenoxy) is 2. The molecule has 5 rings (SSSR count). The van der Waals surface area contributed by atoms with Crippen molar-refractivity contribution in [2.24, 2.45) is 47.3 Å². The van der Waals surface area contributed by atoms with Gasteiger partial charge in [-0.3, -0.25) is 0 Å². The minimum atomic E-state index is -1.40. The van der Waals surface area contributed by atoms with Crippen molar-refractivity contribution in [1.29, 1.82) is 0 Å². The van der Waals surface area contributed by atoms with Crippen molar-refractivity contribution in [2.75, 3.05) is 6.61 Å². The molecule has 3 saturated carbocycles. The number of aliphatic hydroxyl groups excluding tert-OH is 4. The molecule has 0 radical (unpaired) electrons. The van der Waals surface area contributed by atoms with Crippen LogP contribution in [0.2, 0.25) is 0 Å². The first-order chi connectivity index (χ1) is 18.7. The number of allylic oxidation sites excluding steroid dienone is 5. The van der Waals surface area contributed by atoms with E-state index < -0.39 is 37.3 Å². The van der Waals surface area contributed by atoms with Crippen molar-refractivity contribution in [3.05, 3.63) is 35.5 Å². The Morgan fingerprint density at radius 2 is 1.64 bits per heavy atom. The van der Waals surface area contributed by atoms with E-state index in [-0.39, 0.29) is 6.10 Å². The summed E-state index contributed by atoms with van der Waals surface area (Å²) in [6, 6.07) is 0. The Balaban J connectivity index is 1.22. The highest BCUT2D eigenvalue weighted by molar-refractivity contribution is 5.34. The molecule has 4 N–H and O–H groups in total. The average molecular weight is 545 g/mol. The van der Waals surface area contributed by atoms with Gasteiger partial charge in [0.15, 0.2) is 6.29 Å². The molecule has 1 aliphatic heterocycles. The van der Waals surface area contributed by atoms with Crippen molar-refractivity contribution in [3.8, 4) is 0 Å². The van der Waals surface area contributed by atoms with E-state index in [1.165, 1.54) is 37.7 Å². The predicted octanol–water partition coefficient (Wildman–Crippen LogP) is 4.76. The maximum Gasteiger partial charge on any atom is 0.186 e. The van der Waals surface area contributed by atoms with Crippen LogP contribution < -0.4 is 0 Å². The molecule has 39 heavy (non-hydrogen) atoms. The van der Waals surface area contributed by atoms with Gasteiger partial charge in [0.1, 0.15) is 24.4 Å². The molecule has 0 amide bonds. The summed E-state index contributed by atoms with van der Waals surface area (Å²) in [5.41, 5.74) is 3.15. The summed E-state index contributed by atoms with van der Waals surface area (Å²) in [4.78, 5) is 0. The lowest BCUT2D eigenvalue weighted by Gasteiger charge is -2.47. The van der Waals surface area contributed by atoms with E-state index in [0.717, 1.165) is 37.0 Å². The molecule has 0 aromatic carbocycles. The molecule has 1 heterocycles. The molecular formula is C33H52O6. The summed E-state index contributed by atoms with van der Waals surface area (Å²) in [7, 11) is 0. The second-order valence-corrected chi connectivity index (χ2v) is 13.5. The minimum Gasteiger partial charge on any atom is -0.394 e. The van der Waals surface area contributed by atoms with Gasteiger partial charge in [0.05, 0.1) is 12.7 Å². The Hall–Kier alpha value is -1.02. The van der Waals surface area contributed by atoms with Gasteiger partial charge in [-0.15, -0.1) is 0 Å². The van der Waals surface area contributed by atoms with Gasteiger partial charge < -0.3 is 29.9 Å². The van der Waals surface area contributed by atoms with Gasteiger partial charge in [0, 0.05) is 0 Å². The van der Waals surface area contributed by atoms with Gasteiger partial charge in [-0.2, -0.15) is 0 Å². The fourth-order valence-corrected chi connectivity index (χ4v) is 8.77. The third-order valence-electron chi connectivity index (χ3n) is 11.1. The molecule has 220 valence electrons. The van der Waals surface area contributed by atoms with Crippen LogP contribution in [-0.2, 0) is 9.47 Å². The van der Waals surface area contributed by atoms with Gasteiger partial charge in [0.25, 0.3) is 0 Å². The quantitative estimate of drug-likeness (QED) is 0.329. The monoisotopic (exact) mass is 544 g/mol. The molecule has 13 atom stereocenters. The molecular weight excluding hydrogens is 492 g/mol. The van der Waals surface area contributed by atoms with Crippen molar-refractivity contribution in [2.45, 2.75) is 116 Å². The smallest absolute Gasteiger partial charge is 0.186 e. The Morgan fingerprint density at radius 1 is 0.897 bits per heavy atom. The highest BCUT2D eigenvalue weighted by Crippen LogP contribution is 2.57. The molecule has 4 aliphatic carbocycles. The van der Waals surface area contributed by atoms with Crippen molar-refractivity contribution < 1.29 is 29.9 Å². The first kappa shape index (κ1) is 29.5. The van der Waals surface area contributed by atoms with Gasteiger partial charge in [-0.05, 0) is 98.7 Å². The topological polar surface area (TPSA) is 99.4 Å². The molecule has 1 saturated heterocycles. The molecule has 6 nitrogen and oxygen atoms in total. The van der Waals surface area contributed by atoms with E-state index in [9.17, 15) is 20.4 Å². The zero-order valence-corrected chi connectivity index (χ0v) is 24.4. The van der Waals surface area contributed by atoms with Crippen LogP contribution in [0.1, 0.15) is 79.1 Å². The third-order valence-corrected chi connectivity index (χ3v) is 11.1. The van der Waals surface area contributed by atoms with Crippen LogP contribution in [0.25, 0.3) is 0 Å². The highest BCUT2D eigenvalue weighted by atomic mass is 16.7. The second-order valence-electron chi connectivity index (χ2n) is 13.5. The Kier molecular flexibility index (Phi) is 9.42. The molecule has 0 aromatic heterocycles. The molecule has 0 bridgehead atoms. The predicted molar refractivity (Wildman–Crippen MR) is 151 cm³/mol. The number of fused-ring (bicyclic) bond motifs is 5. The fraction of sp³-hybridized carbons (Fsp3) is 0.818. The van der Waals surface area contributed by atoms with Crippen LogP contribution in [0, 0.1) is 47.3 Å². The second kappa shape index (κ2) is 12.5. The standard InChI is InChI=1S/C33H52O6/c1-5-20(18(2)3)7-6-19(4)23-12-13-28-25(23)14-15-26-24-11-9-22(16-21(24)8-10-27(26)28)38-33-32(37)31(36)30(35)29(17-34)39-33/h6-8,10,18-20,22-26,28-37H,5,9,11-17H2,1-4H3. The van der Waals surface area contributed by atoms with E-state index >= 15 is 0 Å². The number of aliphatic hydroxyl groups is 4. The van der Waals surface area contributed by atoms with Crippen LogP contribution >= 0.6 is 0 Å². The van der Waals surface area contributed by atoms with Crippen LogP contribution in [0.3, 0.4) is 0 Å².